The zero-order chi connectivity index (χ0) is 21.9. The molecule has 8 heteroatoms. The second-order valence-electron chi connectivity index (χ2n) is 8.12. The van der Waals surface area contributed by atoms with Crippen LogP contribution in [0.1, 0.15) is 39.7 Å². The highest BCUT2D eigenvalue weighted by Crippen LogP contribution is 2.41. The lowest BCUT2D eigenvalue weighted by atomic mass is 9.97. The van der Waals surface area contributed by atoms with E-state index in [0.29, 0.717) is 23.0 Å². The van der Waals surface area contributed by atoms with Gasteiger partial charge in [-0.2, -0.15) is 0 Å². The first-order valence-electron chi connectivity index (χ1n) is 10.0. The number of carbonyl (C=O) groups is 1. The molecule has 0 bridgehead atoms. The molecule has 2 aliphatic rings. The molecule has 2 unspecified atom stereocenters. The summed E-state index contributed by atoms with van der Waals surface area (Å²) in [5, 5.41) is 0.429. The summed E-state index contributed by atoms with van der Waals surface area (Å²) in [7, 11) is -3.22. The van der Waals surface area contributed by atoms with E-state index in [2.05, 4.69) is 0 Å². The van der Waals surface area contributed by atoms with E-state index in [1.807, 2.05) is 43.5 Å². The zero-order valence-corrected chi connectivity index (χ0v) is 18.8. The van der Waals surface area contributed by atoms with Crippen LogP contribution in [0.2, 0.25) is 0 Å². The summed E-state index contributed by atoms with van der Waals surface area (Å²) in [6.07, 6.45) is 2.33. The van der Waals surface area contributed by atoms with E-state index in [9.17, 15) is 18.0 Å². The van der Waals surface area contributed by atoms with Crippen LogP contribution in [0.5, 0.6) is 0 Å². The van der Waals surface area contributed by atoms with E-state index in [4.69, 9.17) is 4.42 Å². The average molecular weight is 456 g/mol. The monoisotopic (exact) mass is 455 g/mol. The topological polar surface area (TPSA) is 84.7 Å². The summed E-state index contributed by atoms with van der Waals surface area (Å²) in [6.45, 7) is 1.89. The number of carbonyl (C=O) groups excluding carboxylic acids is 1. The van der Waals surface area contributed by atoms with E-state index < -0.39 is 27.8 Å². The van der Waals surface area contributed by atoms with E-state index in [1.54, 1.807) is 28.8 Å². The molecule has 1 saturated heterocycles. The smallest absolute Gasteiger partial charge is 0.291 e. The first-order chi connectivity index (χ1) is 14.8. The third kappa shape index (κ3) is 3.29. The van der Waals surface area contributed by atoms with Gasteiger partial charge < -0.3 is 9.32 Å². The Hall–Kier alpha value is -2.58. The van der Waals surface area contributed by atoms with Gasteiger partial charge in [0.2, 0.25) is 5.76 Å². The molecular weight excluding hydrogens is 434 g/mol. The predicted octanol–water partition coefficient (Wildman–Crippen LogP) is 3.56. The number of thioether (sulfide) groups is 1. The Bertz CT molecular complexity index is 1380. The Morgan fingerprint density at radius 2 is 1.84 bits per heavy atom. The number of hydrogen-bond donors (Lipinski definition) is 0. The van der Waals surface area contributed by atoms with Crippen LogP contribution in [0.3, 0.4) is 0 Å². The molecule has 0 N–H and O–H groups in total. The van der Waals surface area contributed by atoms with Gasteiger partial charge in [-0.3, -0.25) is 9.59 Å². The molecule has 31 heavy (non-hydrogen) atoms. The summed E-state index contributed by atoms with van der Waals surface area (Å²) in [5.74, 6) is -0.461. The fourth-order valence-corrected chi connectivity index (χ4v) is 6.71. The molecule has 5 rings (SSSR count). The standard InChI is InChI=1S/C23H21NO5S2/c1-13-3-8-18-17(11-13)21(25)19-20(14-4-6-16(30-2)7-5-14)24(23(26)22(19)29-18)15-9-10-31(27,28)12-15/h3-8,11,15,20H,9-10,12H2,1-2H3. The Balaban J connectivity index is 1.75. The van der Waals surface area contributed by atoms with Crippen molar-refractivity contribution in [2.24, 2.45) is 0 Å². The van der Waals surface area contributed by atoms with Gasteiger partial charge in [-0.05, 0) is 49.4 Å². The first kappa shape index (κ1) is 20.3. The minimum Gasteiger partial charge on any atom is -0.450 e. The number of nitrogens with zero attached hydrogens (tertiary/aromatic N) is 1. The molecule has 0 spiro atoms. The van der Waals surface area contributed by atoms with Gasteiger partial charge in [-0.25, -0.2) is 8.42 Å². The van der Waals surface area contributed by atoms with Gasteiger partial charge in [-0.15, -0.1) is 11.8 Å². The largest absolute Gasteiger partial charge is 0.450 e. The minimum absolute atomic E-state index is 0.0181. The van der Waals surface area contributed by atoms with Crippen LogP contribution in [0, 0.1) is 6.92 Å². The summed E-state index contributed by atoms with van der Waals surface area (Å²) < 4.78 is 30.3. The molecule has 0 saturated carbocycles. The minimum atomic E-state index is -3.22. The Morgan fingerprint density at radius 3 is 2.48 bits per heavy atom. The quantitative estimate of drug-likeness (QED) is 0.562. The van der Waals surface area contributed by atoms with Gasteiger partial charge in [0.25, 0.3) is 5.91 Å². The number of benzene rings is 2. The van der Waals surface area contributed by atoms with E-state index in [-0.39, 0.29) is 22.7 Å². The maximum atomic E-state index is 13.6. The molecule has 3 heterocycles. The van der Waals surface area contributed by atoms with Crippen LogP contribution in [0.25, 0.3) is 11.0 Å². The summed E-state index contributed by atoms with van der Waals surface area (Å²) in [5.41, 5.74) is 2.11. The third-order valence-corrected chi connectivity index (χ3v) is 8.59. The van der Waals surface area contributed by atoms with Crippen molar-refractivity contribution in [1.29, 1.82) is 0 Å². The van der Waals surface area contributed by atoms with Crippen LogP contribution in [0.4, 0.5) is 0 Å². The maximum Gasteiger partial charge on any atom is 0.291 e. The fraction of sp³-hybridized carbons (Fsp3) is 0.304. The van der Waals surface area contributed by atoms with Crippen molar-refractivity contribution in [1.82, 2.24) is 4.90 Å². The second-order valence-corrected chi connectivity index (χ2v) is 11.2. The number of sulfone groups is 1. The molecule has 1 fully saturated rings. The Labute approximate surface area is 184 Å². The summed E-state index contributed by atoms with van der Waals surface area (Å²) >= 11 is 1.60. The van der Waals surface area contributed by atoms with Crippen molar-refractivity contribution in [3.05, 3.63) is 75.1 Å². The molecule has 0 aliphatic carbocycles. The zero-order valence-electron chi connectivity index (χ0n) is 17.1. The molecule has 2 atom stereocenters. The number of rotatable bonds is 3. The van der Waals surface area contributed by atoms with Gasteiger partial charge >= 0.3 is 0 Å². The summed E-state index contributed by atoms with van der Waals surface area (Å²) in [4.78, 5) is 29.6. The molecule has 2 aliphatic heterocycles. The van der Waals surface area contributed by atoms with Gasteiger partial charge in [0.05, 0.1) is 28.5 Å². The molecule has 0 radical (unpaired) electrons. The average Bonchev–Trinajstić information content (AvgIpc) is 3.25. The highest BCUT2D eigenvalue weighted by molar-refractivity contribution is 7.98. The normalized spacial score (nSPS) is 22.3. The number of hydrogen-bond acceptors (Lipinski definition) is 6. The van der Waals surface area contributed by atoms with Crippen LogP contribution in [0.15, 0.2) is 56.6 Å². The van der Waals surface area contributed by atoms with Gasteiger partial charge in [0.1, 0.15) is 5.58 Å². The Kier molecular flexibility index (Phi) is 4.75. The third-order valence-electron chi connectivity index (χ3n) is 6.09. The lowest BCUT2D eigenvalue weighted by molar-refractivity contribution is 0.0662. The molecule has 6 nitrogen and oxygen atoms in total. The van der Waals surface area contributed by atoms with Crippen molar-refractivity contribution in [3.8, 4) is 0 Å². The first-order valence-corrected chi connectivity index (χ1v) is 13.1. The molecule has 2 aromatic carbocycles. The fourth-order valence-electron chi connectivity index (χ4n) is 4.59. The number of fused-ring (bicyclic) bond motifs is 2. The predicted molar refractivity (Wildman–Crippen MR) is 121 cm³/mol. The molecule has 1 aromatic heterocycles. The second kappa shape index (κ2) is 7.24. The van der Waals surface area contributed by atoms with Crippen molar-refractivity contribution >= 4 is 38.5 Å². The van der Waals surface area contributed by atoms with Crippen LogP contribution in [-0.2, 0) is 9.84 Å². The lowest BCUT2D eigenvalue weighted by Gasteiger charge is -2.30. The number of aryl methyl sites for hydroxylation is 1. The molecule has 3 aromatic rings. The van der Waals surface area contributed by atoms with Gasteiger partial charge in [0, 0.05) is 10.9 Å². The highest BCUT2D eigenvalue weighted by Gasteiger charge is 2.48. The van der Waals surface area contributed by atoms with E-state index in [1.165, 1.54) is 0 Å². The van der Waals surface area contributed by atoms with Crippen molar-refractivity contribution in [3.63, 3.8) is 0 Å². The molecule has 1 amide bonds. The van der Waals surface area contributed by atoms with Crippen LogP contribution in [-0.4, -0.2) is 43.0 Å². The van der Waals surface area contributed by atoms with E-state index >= 15 is 0 Å². The SMILES string of the molecule is CSc1ccc(C2c3c(oc4ccc(C)cc4c3=O)C(=O)N2C2CCS(=O)(=O)C2)cc1. The van der Waals surface area contributed by atoms with E-state index in [0.717, 1.165) is 16.0 Å². The molecular formula is C23H21NO5S2. The van der Waals surface area contributed by atoms with Gasteiger partial charge in [-0.1, -0.05) is 23.8 Å². The molecule has 160 valence electrons. The van der Waals surface area contributed by atoms with Gasteiger partial charge in [0.15, 0.2) is 15.3 Å². The van der Waals surface area contributed by atoms with Crippen LogP contribution >= 0.6 is 11.8 Å². The number of amides is 1. The summed E-state index contributed by atoms with van der Waals surface area (Å²) in [6, 6.07) is 11.8. The Morgan fingerprint density at radius 1 is 1.10 bits per heavy atom. The van der Waals surface area contributed by atoms with Crippen molar-refractivity contribution in [2.45, 2.75) is 30.3 Å². The van der Waals surface area contributed by atoms with Crippen molar-refractivity contribution < 1.29 is 17.6 Å². The van der Waals surface area contributed by atoms with Crippen molar-refractivity contribution in [2.75, 3.05) is 17.8 Å². The lowest BCUT2D eigenvalue weighted by Crippen LogP contribution is -2.40. The van der Waals surface area contributed by atoms with Crippen LogP contribution < -0.4 is 5.43 Å². The maximum absolute atomic E-state index is 13.6. The highest BCUT2D eigenvalue weighted by atomic mass is 32.2.